The highest BCUT2D eigenvalue weighted by molar-refractivity contribution is 6.30. The van der Waals surface area contributed by atoms with Gasteiger partial charge in [0.1, 0.15) is 11.8 Å². The number of carbonyl (C=O) groups is 1. The molecular formula is C19H19ClN6O3. The highest BCUT2D eigenvalue weighted by Gasteiger charge is 2.27. The van der Waals surface area contributed by atoms with Gasteiger partial charge in [0.05, 0.1) is 24.5 Å². The molecule has 1 fully saturated rings. The lowest BCUT2D eigenvalue weighted by atomic mass is 10.1. The summed E-state index contributed by atoms with van der Waals surface area (Å²) in [5, 5.41) is 10.7. The number of aromatic nitrogens is 4. The molecule has 10 heteroatoms. The fourth-order valence-electron chi connectivity index (χ4n) is 3.17. The number of benzene rings is 1. The van der Waals surface area contributed by atoms with E-state index in [1.54, 1.807) is 19.3 Å². The Labute approximate surface area is 172 Å². The first-order chi connectivity index (χ1) is 14.1. The fraction of sp³-hybridized carbons (Fsp3) is 0.316. The predicted octanol–water partition coefficient (Wildman–Crippen LogP) is 2.50. The number of nitrogens with zero attached hydrogens (tertiary/aromatic N) is 5. The predicted molar refractivity (Wildman–Crippen MR) is 105 cm³/mol. The number of morpholine rings is 1. The summed E-state index contributed by atoms with van der Waals surface area (Å²) in [6, 6.07) is 7.46. The molecule has 1 aliphatic heterocycles. The van der Waals surface area contributed by atoms with E-state index < -0.39 is 0 Å². The highest BCUT2D eigenvalue weighted by Crippen LogP contribution is 2.30. The van der Waals surface area contributed by atoms with E-state index in [1.807, 2.05) is 29.2 Å². The Morgan fingerprint density at radius 2 is 2.17 bits per heavy atom. The molecule has 2 aromatic heterocycles. The largest absolute Gasteiger partial charge is 0.369 e. The molecule has 0 spiro atoms. The van der Waals surface area contributed by atoms with Crippen LogP contribution >= 0.6 is 11.6 Å². The van der Waals surface area contributed by atoms with Crippen LogP contribution in [0.2, 0.25) is 5.02 Å². The van der Waals surface area contributed by atoms with Gasteiger partial charge < -0.3 is 10.1 Å². The molecule has 1 N–H and O–H groups in total. The third kappa shape index (κ3) is 4.58. The fourth-order valence-corrected chi connectivity index (χ4v) is 3.36. The zero-order valence-electron chi connectivity index (χ0n) is 15.7. The summed E-state index contributed by atoms with van der Waals surface area (Å²) in [4.78, 5) is 23.3. The normalized spacial score (nSPS) is 17.2. The molecule has 1 saturated heterocycles. The van der Waals surface area contributed by atoms with E-state index in [0.29, 0.717) is 36.2 Å². The summed E-state index contributed by atoms with van der Waals surface area (Å²) in [6.07, 6.45) is 2.97. The molecule has 4 rings (SSSR count). The molecule has 1 atom stereocenters. The standard InChI is InChI=1S/C19H19ClN6O3/c1-12-19(25-29-24-12)23-16(27)11-26-7-8-28-15(10-26)18-17(21-5-6-22-18)13-3-2-4-14(20)9-13/h2-6,9,15H,7-8,10-11H2,1H3,(H,23,25,27)/t15-/m0/s1. The second kappa shape index (κ2) is 8.64. The molecular weight excluding hydrogens is 396 g/mol. The van der Waals surface area contributed by atoms with Crippen LogP contribution in [0.15, 0.2) is 41.3 Å². The number of hydrogen-bond acceptors (Lipinski definition) is 8. The summed E-state index contributed by atoms with van der Waals surface area (Å²) in [6.45, 7) is 3.53. The molecule has 3 aromatic rings. The van der Waals surface area contributed by atoms with Gasteiger partial charge in [-0.2, -0.15) is 0 Å². The Morgan fingerprint density at radius 1 is 1.31 bits per heavy atom. The lowest BCUT2D eigenvalue weighted by Crippen LogP contribution is -2.43. The number of rotatable bonds is 5. The lowest BCUT2D eigenvalue weighted by molar-refractivity contribution is -0.119. The lowest BCUT2D eigenvalue weighted by Gasteiger charge is -2.32. The molecule has 1 aromatic carbocycles. The van der Waals surface area contributed by atoms with Crippen molar-refractivity contribution in [2.75, 3.05) is 31.6 Å². The molecule has 0 bridgehead atoms. The summed E-state index contributed by atoms with van der Waals surface area (Å²) in [7, 11) is 0. The Bertz CT molecular complexity index is 1010. The van der Waals surface area contributed by atoms with Crippen molar-refractivity contribution in [2.24, 2.45) is 0 Å². The molecule has 0 radical (unpaired) electrons. The maximum Gasteiger partial charge on any atom is 0.239 e. The summed E-state index contributed by atoms with van der Waals surface area (Å²) < 4.78 is 10.5. The van der Waals surface area contributed by atoms with Crippen LogP contribution in [0.3, 0.4) is 0 Å². The number of ether oxygens (including phenoxy) is 1. The number of anilines is 1. The van der Waals surface area contributed by atoms with Gasteiger partial charge in [-0.05, 0) is 24.2 Å². The van der Waals surface area contributed by atoms with Crippen molar-refractivity contribution in [2.45, 2.75) is 13.0 Å². The van der Waals surface area contributed by atoms with Gasteiger partial charge in [0.25, 0.3) is 0 Å². The third-order valence-corrected chi connectivity index (χ3v) is 4.79. The summed E-state index contributed by atoms with van der Waals surface area (Å²) in [5.74, 6) is 0.135. The molecule has 3 heterocycles. The topological polar surface area (TPSA) is 106 Å². The molecule has 0 saturated carbocycles. The van der Waals surface area contributed by atoms with Crippen LogP contribution in [0.25, 0.3) is 11.3 Å². The minimum atomic E-state index is -0.310. The van der Waals surface area contributed by atoms with Crippen LogP contribution in [0.4, 0.5) is 5.82 Å². The van der Waals surface area contributed by atoms with E-state index in [-0.39, 0.29) is 18.6 Å². The van der Waals surface area contributed by atoms with Gasteiger partial charge in [0.2, 0.25) is 5.91 Å². The SMILES string of the molecule is Cc1nonc1NC(=O)CN1CCO[C@H](c2nccnc2-c2cccc(Cl)c2)C1. The average molecular weight is 415 g/mol. The number of halogens is 1. The first kappa shape index (κ1) is 19.4. The minimum Gasteiger partial charge on any atom is -0.369 e. The van der Waals surface area contributed by atoms with Gasteiger partial charge in [-0.3, -0.25) is 19.7 Å². The van der Waals surface area contributed by atoms with Gasteiger partial charge in [-0.15, -0.1) is 0 Å². The summed E-state index contributed by atoms with van der Waals surface area (Å²) >= 11 is 6.13. The van der Waals surface area contributed by atoms with Crippen LogP contribution in [0.5, 0.6) is 0 Å². The quantitative estimate of drug-likeness (QED) is 0.678. The number of carbonyl (C=O) groups excluding carboxylic acids is 1. The van der Waals surface area contributed by atoms with E-state index in [2.05, 4.69) is 30.2 Å². The van der Waals surface area contributed by atoms with Gasteiger partial charge in [-0.1, -0.05) is 28.9 Å². The smallest absolute Gasteiger partial charge is 0.239 e. The molecule has 0 aliphatic carbocycles. The van der Waals surface area contributed by atoms with Gasteiger partial charge in [0.15, 0.2) is 5.82 Å². The molecule has 1 amide bonds. The zero-order chi connectivity index (χ0) is 20.2. The zero-order valence-corrected chi connectivity index (χ0v) is 16.5. The molecule has 1 aliphatic rings. The number of amides is 1. The maximum absolute atomic E-state index is 12.4. The van der Waals surface area contributed by atoms with E-state index >= 15 is 0 Å². The van der Waals surface area contributed by atoms with Crippen molar-refractivity contribution in [1.29, 1.82) is 0 Å². The second-order valence-electron chi connectivity index (χ2n) is 6.64. The molecule has 29 heavy (non-hydrogen) atoms. The Morgan fingerprint density at radius 3 is 2.97 bits per heavy atom. The second-order valence-corrected chi connectivity index (χ2v) is 7.08. The van der Waals surface area contributed by atoms with Crippen molar-refractivity contribution in [1.82, 2.24) is 25.2 Å². The van der Waals surface area contributed by atoms with Crippen LogP contribution < -0.4 is 5.32 Å². The first-order valence-electron chi connectivity index (χ1n) is 9.10. The minimum absolute atomic E-state index is 0.193. The number of aryl methyl sites for hydroxylation is 1. The van der Waals surface area contributed by atoms with E-state index in [0.717, 1.165) is 17.0 Å². The monoisotopic (exact) mass is 414 g/mol. The van der Waals surface area contributed by atoms with Gasteiger partial charge in [-0.25, -0.2) is 4.63 Å². The number of hydrogen-bond donors (Lipinski definition) is 1. The Kier molecular flexibility index (Phi) is 5.79. The van der Waals surface area contributed by atoms with Crippen molar-refractivity contribution in [3.8, 4) is 11.3 Å². The van der Waals surface area contributed by atoms with Gasteiger partial charge >= 0.3 is 0 Å². The first-order valence-corrected chi connectivity index (χ1v) is 9.48. The van der Waals surface area contributed by atoms with E-state index in [1.165, 1.54) is 0 Å². The maximum atomic E-state index is 12.4. The van der Waals surface area contributed by atoms with E-state index in [4.69, 9.17) is 16.3 Å². The molecule has 0 unspecified atom stereocenters. The van der Waals surface area contributed by atoms with E-state index in [9.17, 15) is 4.79 Å². The Hall–Kier alpha value is -2.88. The summed E-state index contributed by atoms with van der Waals surface area (Å²) in [5.41, 5.74) is 2.84. The van der Waals surface area contributed by atoms with Gasteiger partial charge in [0, 0.05) is 36.1 Å². The van der Waals surface area contributed by atoms with Crippen LogP contribution in [-0.2, 0) is 9.53 Å². The Balaban J connectivity index is 1.48. The third-order valence-electron chi connectivity index (χ3n) is 4.56. The highest BCUT2D eigenvalue weighted by atomic mass is 35.5. The molecule has 9 nitrogen and oxygen atoms in total. The van der Waals surface area contributed by atoms with Crippen LogP contribution in [-0.4, -0.2) is 57.3 Å². The van der Waals surface area contributed by atoms with Crippen LogP contribution in [0.1, 0.15) is 17.5 Å². The van der Waals surface area contributed by atoms with Crippen molar-refractivity contribution in [3.05, 3.63) is 53.1 Å². The molecule has 150 valence electrons. The van der Waals surface area contributed by atoms with Crippen molar-refractivity contribution < 1.29 is 14.2 Å². The number of nitrogens with one attached hydrogen (secondary N) is 1. The van der Waals surface area contributed by atoms with Crippen molar-refractivity contribution >= 4 is 23.3 Å². The average Bonchev–Trinajstić information content (AvgIpc) is 3.12. The van der Waals surface area contributed by atoms with Crippen LogP contribution in [0, 0.1) is 6.92 Å². The van der Waals surface area contributed by atoms with Crippen molar-refractivity contribution in [3.63, 3.8) is 0 Å².